The van der Waals surface area contributed by atoms with Crippen molar-refractivity contribution >= 4 is 44.2 Å². The minimum Gasteiger partial charge on any atom is -0.496 e. The maximum absolute atomic E-state index is 14.0. The molecule has 3 unspecified atom stereocenters. The van der Waals surface area contributed by atoms with E-state index in [1.807, 2.05) is 0 Å². The van der Waals surface area contributed by atoms with Gasteiger partial charge in [-0.2, -0.15) is 5.10 Å². The Morgan fingerprint density at radius 1 is 1.15 bits per heavy atom. The van der Waals surface area contributed by atoms with Crippen LogP contribution in [0.15, 0.2) is 86.3 Å². The summed E-state index contributed by atoms with van der Waals surface area (Å²) in [7, 11) is -1.36. The lowest BCUT2D eigenvalue weighted by atomic mass is 9.72. The first-order valence-corrected chi connectivity index (χ1v) is 14.6. The van der Waals surface area contributed by atoms with Crippen molar-refractivity contribution in [3.8, 4) is 5.75 Å². The fourth-order valence-electron chi connectivity index (χ4n) is 5.86. The molecule has 9 nitrogen and oxygen atoms in total. The van der Waals surface area contributed by atoms with Gasteiger partial charge in [0.05, 0.1) is 48.4 Å². The molecule has 0 amide bonds. The number of ether oxygens (including phenoxy) is 3. The molecule has 206 valence electrons. The summed E-state index contributed by atoms with van der Waals surface area (Å²) >= 11 is 6.05. The van der Waals surface area contributed by atoms with Crippen LogP contribution in [0.5, 0.6) is 5.75 Å². The normalized spacial score (nSPS) is 26.6. The molecule has 0 spiro atoms. The largest absolute Gasteiger partial charge is 0.496 e. The number of sulfone groups is 1. The summed E-state index contributed by atoms with van der Waals surface area (Å²) in [4.78, 5) is 18.0. The standard InChI is InChI=1S/C29H26ClN3O6S/c1-15-7-9-22-25-20(14-39-22)23(38-3)13-31-12-19(24(15)25)18-8-10-21(37-2)26-27(34)29(40(35,36)28(18)26)33-32-17-6-4-5-16(30)11-17/h4-6,8,10-15,19,22,32H,7,9H2,1-3H3/b23-13+,31-12?,33-29+. The summed E-state index contributed by atoms with van der Waals surface area (Å²) in [5.41, 5.74) is 6.26. The third-order valence-corrected chi connectivity index (χ3v) is 9.67. The van der Waals surface area contributed by atoms with Crippen LogP contribution < -0.4 is 10.2 Å². The number of nitrogens with one attached hydrogen (secondary N) is 1. The lowest BCUT2D eigenvalue weighted by Gasteiger charge is -2.34. The summed E-state index contributed by atoms with van der Waals surface area (Å²) in [6.07, 6.45) is 6.50. The van der Waals surface area contributed by atoms with Gasteiger partial charge in [-0.05, 0) is 54.2 Å². The van der Waals surface area contributed by atoms with Crippen LogP contribution in [0.4, 0.5) is 5.69 Å². The number of fused-ring (bicyclic) bond motifs is 1. The minimum absolute atomic E-state index is 0.0423. The maximum Gasteiger partial charge on any atom is 0.230 e. The lowest BCUT2D eigenvalue weighted by molar-refractivity contribution is 0.106. The molecule has 0 saturated heterocycles. The number of carbonyl (C=O) groups excluding carboxylic acids is 1. The molecule has 1 aliphatic carbocycles. The summed E-state index contributed by atoms with van der Waals surface area (Å²) in [6, 6.07) is 9.92. The van der Waals surface area contributed by atoms with Gasteiger partial charge in [0.1, 0.15) is 17.6 Å². The molecule has 3 heterocycles. The van der Waals surface area contributed by atoms with Gasteiger partial charge >= 0.3 is 0 Å². The van der Waals surface area contributed by atoms with Crippen LogP contribution in [0.1, 0.15) is 41.6 Å². The summed E-state index contributed by atoms with van der Waals surface area (Å²) < 4.78 is 45.2. The van der Waals surface area contributed by atoms with E-state index in [2.05, 4.69) is 22.4 Å². The number of benzene rings is 2. The second-order valence-corrected chi connectivity index (χ2v) is 12.1. The van der Waals surface area contributed by atoms with E-state index in [-0.39, 0.29) is 28.2 Å². The molecule has 40 heavy (non-hydrogen) atoms. The van der Waals surface area contributed by atoms with Crippen LogP contribution in [0.2, 0.25) is 5.02 Å². The highest BCUT2D eigenvalue weighted by molar-refractivity contribution is 8.09. The zero-order valence-electron chi connectivity index (χ0n) is 22.0. The predicted octanol–water partition coefficient (Wildman–Crippen LogP) is 5.41. The third kappa shape index (κ3) is 4.05. The van der Waals surface area contributed by atoms with E-state index in [0.717, 1.165) is 29.6 Å². The first-order chi connectivity index (χ1) is 19.3. The Hall–Kier alpha value is -3.89. The number of allylic oxidation sites excluding steroid dienone is 2. The summed E-state index contributed by atoms with van der Waals surface area (Å²) in [5.74, 6) is -0.469. The monoisotopic (exact) mass is 579 g/mol. The van der Waals surface area contributed by atoms with Crippen LogP contribution in [-0.2, 0) is 19.3 Å². The van der Waals surface area contributed by atoms with E-state index in [1.165, 1.54) is 7.11 Å². The zero-order chi connectivity index (χ0) is 28.2. The molecule has 0 bridgehead atoms. The smallest absolute Gasteiger partial charge is 0.230 e. The molecular weight excluding hydrogens is 554 g/mol. The van der Waals surface area contributed by atoms with E-state index >= 15 is 0 Å². The maximum atomic E-state index is 14.0. The van der Waals surface area contributed by atoms with Crippen molar-refractivity contribution < 1.29 is 27.4 Å². The van der Waals surface area contributed by atoms with Gasteiger partial charge in [-0.25, -0.2) is 8.42 Å². The van der Waals surface area contributed by atoms with Crippen LogP contribution in [0.3, 0.4) is 0 Å². The Balaban J connectivity index is 1.55. The van der Waals surface area contributed by atoms with Crippen LogP contribution in [-0.4, -0.2) is 45.8 Å². The van der Waals surface area contributed by atoms with Gasteiger partial charge in [0.25, 0.3) is 0 Å². The number of ketones is 1. The second kappa shape index (κ2) is 9.94. The van der Waals surface area contributed by atoms with Gasteiger partial charge in [-0.3, -0.25) is 15.2 Å². The van der Waals surface area contributed by atoms with Crippen molar-refractivity contribution in [3.05, 3.63) is 87.5 Å². The molecule has 4 aliphatic rings. The highest BCUT2D eigenvalue weighted by Crippen LogP contribution is 2.50. The first-order valence-electron chi connectivity index (χ1n) is 12.7. The average Bonchev–Trinajstić information content (AvgIpc) is 3.43. The minimum atomic E-state index is -4.34. The Morgan fingerprint density at radius 3 is 2.73 bits per heavy atom. The first kappa shape index (κ1) is 26.3. The van der Waals surface area contributed by atoms with Gasteiger partial charge in [0.2, 0.25) is 20.7 Å². The molecule has 3 atom stereocenters. The molecule has 0 aromatic heterocycles. The van der Waals surface area contributed by atoms with Crippen molar-refractivity contribution in [1.82, 2.24) is 0 Å². The molecule has 2 aromatic rings. The molecule has 0 fully saturated rings. The Morgan fingerprint density at radius 2 is 1.98 bits per heavy atom. The predicted molar refractivity (Wildman–Crippen MR) is 152 cm³/mol. The fraction of sp³-hybridized carbons (Fsp3) is 0.276. The molecule has 6 rings (SSSR count). The van der Waals surface area contributed by atoms with E-state index in [4.69, 9.17) is 25.8 Å². The lowest BCUT2D eigenvalue weighted by Crippen LogP contribution is -2.27. The van der Waals surface area contributed by atoms with Crippen molar-refractivity contribution in [1.29, 1.82) is 0 Å². The fourth-order valence-corrected chi connectivity index (χ4v) is 7.73. The van der Waals surface area contributed by atoms with E-state index in [0.29, 0.717) is 22.0 Å². The number of hydrogen-bond donors (Lipinski definition) is 1. The number of nitrogens with zero attached hydrogens (tertiary/aromatic N) is 2. The van der Waals surface area contributed by atoms with Crippen molar-refractivity contribution in [2.45, 2.75) is 36.7 Å². The summed E-state index contributed by atoms with van der Waals surface area (Å²) in [5, 5.41) is 3.86. The van der Waals surface area contributed by atoms with Crippen molar-refractivity contribution in [2.75, 3.05) is 19.6 Å². The number of methoxy groups -OCH3 is 2. The van der Waals surface area contributed by atoms with E-state index < -0.39 is 26.6 Å². The number of anilines is 1. The molecular formula is C29H26ClN3O6S. The number of aliphatic imine (C=N–C) groups is 1. The van der Waals surface area contributed by atoms with Crippen LogP contribution in [0, 0.1) is 5.92 Å². The van der Waals surface area contributed by atoms with Crippen molar-refractivity contribution in [3.63, 3.8) is 0 Å². The molecule has 2 aromatic carbocycles. The quantitative estimate of drug-likeness (QED) is 0.471. The highest BCUT2D eigenvalue weighted by Gasteiger charge is 2.48. The third-order valence-electron chi connectivity index (χ3n) is 7.67. The topological polar surface area (TPSA) is 116 Å². The number of hydrogen-bond acceptors (Lipinski definition) is 9. The summed E-state index contributed by atoms with van der Waals surface area (Å²) in [6.45, 7) is 2.11. The van der Waals surface area contributed by atoms with Gasteiger partial charge in [-0.1, -0.05) is 30.7 Å². The number of halogens is 1. The Bertz CT molecular complexity index is 1710. The Kier molecular flexibility index (Phi) is 6.54. The second-order valence-electron chi connectivity index (χ2n) is 9.91. The van der Waals surface area contributed by atoms with Gasteiger partial charge in [0, 0.05) is 22.7 Å². The van der Waals surface area contributed by atoms with Crippen LogP contribution in [0.25, 0.3) is 0 Å². The Labute approximate surface area is 236 Å². The van der Waals surface area contributed by atoms with Crippen molar-refractivity contribution in [2.24, 2.45) is 16.0 Å². The molecule has 3 aliphatic heterocycles. The van der Waals surface area contributed by atoms with Gasteiger partial charge in [0.15, 0.2) is 0 Å². The van der Waals surface area contributed by atoms with Gasteiger partial charge in [-0.15, -0.1) is 0 Å². The number of Topliss-reactive ketones (excluding diaryl/α,β-unsaturated/α-hetero) is 1. The number of hydrazone groups is 1. The molecule has 1 N–H and O–H groups in total. The molecule has 0 radical (unpaired) electrons. The van der Waals surface area contributed by atoms with E-state index in [1.54, 1.807) is 62.2 Å². The highest BCUT2D eigenvalue weighted by atomic mass is 35.5. The molecule has 11 heteroatoms. The SMILES string of the molecule is CO/C1=C/N=CC(c2ccc(OC)c3c2S(=O)(=O)/C(=N/Nc2cccc(Cl)c2)C3=O)C2=C3C1=COC3CCC2C. The molecule has 0 saturated carbocycles. The average molecular weight is 580 g/mol. The number of rotatable bonds is 5. The van der Waals surface area contributed by atoms with Gasteiger partial charge < -0.3 is 14.2 Å². The number of carbonyl (C=O) groups is 1. The van der Waals surface area contributed by atoms with Crippen LogP contribution >= 0.6 is 11.6 Å². The van der Waals surface area contributed by atoms with E-state index in [9.17, 15) is 13.2 Å². The zero-order valence-corrected chi connectivity index (χ0v) is 23.5.